The summed E-state index contributed by atoms with van der Waals surface area (Å²) in [7, 11) is 0. The highest BCUT2D eigenvalue weighted by atomic mass is 16.5. The Morgan fingerprint density at radius 2 is 1.84 bits per heavy atom. The largest absolute Gasteiger partial charge is 0.484 e. The Kier molecular flexibility index (Phi) is 4.76. The molecule has 1 fully saturated rings. The second-order valence-electron chi connectivity index (χ2n) is 4.70. The van der Waals surface area contributed by atoms with Gasteiger partial charge in [-0.3, -0.25) is 10.6 Å². The number of aryl methyl sites for hydroxylation is 1. The van der Waals surface area contributed by atoms with Crippen LogP contribution >= 0.6 is 0 Å². The Morgan fingerprint density at radius 3 is 2.42 bits per heavy atom. The van der Waals surface area contributed by atoms with E-state index in [9.17, 15) is 4.79 Å². The molecule has 1 aliphatic rings. The predicted octanol–water partition coefficient (Wildman–Crippen LogP) is 0.646. The fourth-order valence-electron chi connectivity index (χ4n) is 2.03. The van der Waals surface area contributed by atoms with Crippen LogP contribution in [0.3, 0.4) is 0 Å². The molecule has 0 spiro atoms. The topological polar surface area (TPSA) is 58.8 Å². The number of carbonyl (C=O) groups is 1. The molecule has 2 N–H and O–H groups in total. The fraction of sp³-hybridized carbons (Fsp3) is 0.500. The molecule has 0 aliphatic carbocycles. The van der Waals surface area contributed by atoms with E-state index >= 15 is 0 Å². The van der Waals surface area contributed by atoms with Crippen LogP contribution in [-0.2, 0) is 11.2 Å². The molecule has 104 valence electrons. The van der Waals surface area contributed by atoms with Gasteiger partial charge in [-0.2, -0.15) is 0 Å². The second kappa shape index (κ2) is 6.54. The molecule has 0 radical (unpaired) electrons. The number of benzene rings is 1. The third-order valence-electron chi connectivity index (χ3n) is 3.36. The zero-order valence-corrected chi connectivity index (χ0v) is 11.3. The van der Waals surface area contributed by atoms with Crippen molar-refractivity contribution >= 4 is 5.91 Å². The van der Waals surface area contributed by atoms with Crippen molar-refractivity contribution in [1.82, 2.24) is 9.91 Å². The first kappa shape index (κ1) is 13.8. The average Bonchev–Trinajstić information content (AvgIpc) is 2.46. The summed E-state index contributed by atoms with van der Waals surface area (Å²) in [5.74, 6) is 6.41. The van der Waals surface area contributed by atoms with E-state index in [0.717, 1.165) is 25.3 Å². The molecule has 5 heteroatoms. The van der Waals surface area contributed by atoms with Crippen LogP contribution < -0.4 is 10.6 Å². The van der Waals surface area contributed by atoms with E-state index in [1.807, 2.05) is 24.3 Å². The van der Waals surface area contributed by atoms with Gasteiger partial charge in [-0.25, -0.2) is 5.01 Å². The maximum Gasteiger partial charge on any atom is 0.260 e. The van der Waals surface area contributed by atoms with Gasteiger partial charge >= 0.3 is 0 Å². The molecular weight excluding hydrogens is 242 g/mol. The summed E-state index contributed by atoms with van der Waals surface area (Å²) in [6.45, 7) is 4.99. The predicted molar refractivity (Wildman–Crippen MR) is 73.7 cm³/mol. The van der Waals surface area contributed by atoms with Gasteiger partial charge in [0.2, 0.25) is 0 Å². The summed E-state index contributed by atoms with van der Waals surface area (Å²) in [5.41, 5.74) is 1.26. The summed E-state index contributed by atoms with van der Waals surface area (Å²) in [6, 6.07) is 7.86. The van der Waals surface area contributed by atoms with E-state index in [4.69, 9.17) is 10.6 Å². The molecule has 1 aromatic rings. The molecule has 0 bridgehead atoms. The number of hydrogen-bond donors (Lipinski definition) is 1. The highest BCUT2D eigenvalue weighted by Gasteiger charge is 2.19. The van der Waals surface area contributed by atoms with Crippen LogP contribution in [0.15, 0.2) is 24.3 Å². The molecular formula is C14H21N3O2. The van der Waals surface area contributed by atoms with Crippen LogP contribution in [0.1, 0.15) is 12.5 Å². The number of rotatable bonds is 4. The lowest BCUT2D eigenvalue weighted by Crippen LogP contribution is -2.52. The second-order valence-corrected chi connectivity index (χ2v) is 4.70. The number of amides is 1. The van der Waals surface area contributed by atoms with Gasteiger partial charge in [0, 0.05) is 26.2 Å². The Hall–Kier alpha value is -1.59. The molecule has 0 saturated carbocycles. The molecule has 1 aliphatic heterocycles. The van der Waals surface area contributed by atoms with E-state index < -0.39 is 0 Å². The molecule has 19 heavy (non-hydrogen) atoms. The fourth-order valence-corrected chi connectivity index (χ4v) is 2.03. The van der Waals surface area contributed by atoms with Crippen molar-refractivity contribution in [1.29, 1.82) is 0 Å². The first-order chi connectivity index (χ1) is 9.19. The maximum atomic E-state index is 11.9. The quantitative estimate of drug-likeness (QED) is 0.810. The number of ether oxygens (including phenoxy) is 1. The Bertz CT molecular complexity index is 411. The molecule has 2 rings (SSSR count). The molecule has 1 saturated heterocycles. The summed E-state index contributed by atoms with van der Waals surface area (Å²) < 4.78 is 5.51. The molecule has 0 aromatic heterocycles. The van der Waals surface area contributed by atoms with Gasteiger partial charge in [0.15, 0.2) is 6.61 Å². The van der Waals surface area contributed by atoms with Crippen LogP contribution in [-0.4, -0.2) is 48.6 Å². The number of nitrogens with zero attached hydrogens (tertiary/aromatic N) is 2. The SMILES string of the molecule is CCc1ccc(OCC(=O)N2CCN(N)CC2)cc1. The molecule has 1 heterocycles. The average molecular weight is 263 g/mol. The Labute approximate surface area is 113 Å². The summed E-state index contributed by atoms with van der Waals surface area (Å²) in [6.07, 6.45) is 1.00. The first-order valence-electron chi connectivity index (χ1n) is 6.68. The van der Waals surface area contributed by atoms with Crippen LogP contribution in [0.5, 0.6) is 5.75 Å². The van der Waals surface area contributed by atoms with Crippen LogP contribution in [0, 0.1) is 0 Å². The third-order valence-corrected chi connectivity index (χ3v) is 3.36. The summed E-state index contributed by atoms with van der Waals surface area (Å²) in [4.78, 5) is 13.7. The monoisotopic (exact) mass is 263 g/mol. The highest BCUT2D eigenvalue weighted by molar-refractivity contribution is 5.77. The minimum absolute atomic E-state index is 0.0210. The Morgan fingerprint density at radius 1 is 1.21 bits per heavy atom. The van der Waals surface area contributed by atoms with Crippen LogP contribution in [0.4, 0.5) is 0 Å². The maximum absolute atomic E-state index is 11.9. The van der Waals surface area contributed by atoms with Crippen molar-refractivity contribution in [3.8, 4) is 5.75 Å². The number of nitrogens with two attached hydrogens (primary N) is 1. The van der Waals surface area contributed by atoms with Crippen molar-refractivity contribution in [2.24, 2.45) is 5.84 Å². The minimum Gasteiger partial charge on any atom is -0.484 e. The van der Waals surface area contributed by atoms with Crippen LogP contribution in [0.2, 0.25) is 0 Å². The lowest BCUT2D eigenvalue weighted by atomic mass is 10.2. The summed E-state index contributed by atoms with van der Waals surface area (Å²) >= 11 is 0. The van der Waals surface area contributed by atoms with Gasteiger partial charge in [0.25, 0.3) is 5.91 Å². The van der Waals surface area contributed by atoms with Crippen molar-refractivity contribution in [2.45, 2.75) is 13.3 Å². The minimum atomic E-state index is 0.0210. The highest BCUT2D eigenvalue weighted by Crippen LogP contribution is 2.12. The van der Waals surface area contributed by atoms with E-state index in [-0.39, 0.29) is 12.5 Å². The normalized spacial score (nSPS) is 16.4. The molecule has 1 aromatic carbocycles. The standard InChI is InChI=1S/C14H21N3O2/c1-2-12-3-5-13(6-4-12)19-11-14(18)16-7-9-17(15)10-8-16/h3-6H,2,7-11,15H2,1H3. The zero-order valence-electron chi connectivity index (χ0n) is 11.3. The van der Waals surface area contributed by atoms with E-state index in [1.165, 1.54) is 5.56 Å². The summed E-state index contributed by atoms with van der Waals surface area (Å²) in [5, 5.41) is 1.73. The van der Waals surface area contributed by atoms with Gasteiger partial charge in [0.1, 0.15) is 5.75 Å². The smallest absolute Gasteiger partial charge is 0.260 e. The lowest BCUT2D eigenvalue weighted by molar-refractivity contribution is -0.135. The first-order valence-corrected chi connectivity index (χ1v) is 6.68. The molecule has 0 unspecified atom stereocenters. The van der Waals surface area contributed by atoms with E-state index in [0.29, 0.717) is 13.1 Å². The number of piperazine rings is 1. The van der Waals surface area contributed by atoms with Crippen LogP contribution in [0.25, 0.3) is 0 Å². The van der Waals surface area contributed by atoms with Crippen molar-refractivity contribution < 1.29 is 9.53 Å². The number of hydrogen-bond acceptors (Lipinski definition) is 4. The zero-order chi connectivity index (χ0) is 13.7. The van der Waals surface area contributed by atoms with E-state index in [2.05, 4.69) is 6.92 Å². The lowest BCUT2D eigenvalue weighted by Gasteiger charge is -2.31. The van der Waals surface area contributed by atoms with Crippen molar-refractivity contribution in [3.05, 3.63) is 29.8 Å². The number of hydrazine groups is 1. The van der Waals surface area contributed by atoms with E-state index in [1.54, 1.807) is 9.91 Å². The van der Waals surface area contributed by atoms with Gasteiger partial charge in [-0.1, -0.05) is 19.1 Å². The third kappa shape index (κ3) is 3.94. The molecule has 1 amide bonds. The van der Waals surface area contributed by atoms with Gasteiger partial charge in [-0.15, -0.1) is 0 Å². The molecule has 0 atom stereocenters. The van der Waals surface area contributed by atoms with Crippen molar-refractivity contribution in [3.63, 3.8) is 0 Å². The number of carbonyl (C=O) groups excluding carboxylic acids is 1. The van der Waals surface area contributed by atoms with Gasteiger partial charge in [-0.05, 0) is 24.1 Å². The molecule has 5 nitrogen and oxygen atoms in total. The Balaban J connectivity index is 1.79. The van der Waals surface area contributed by atoms with Crippen molar-refractivity contribution in [2.75, 3.05) is 32.8 Å². The van der Waals surface area contributed by atoms with Gasteiger partial charge in [0.05, 0.1) is 0 Å². The van der Waals surface area contributed by atoms with Gasteiger partial charge < -0.3 is 9.64 Å².